The van der Waals surface area contributed by atoms with Gasteiger partial charge >= 0.3 is 0 Å². The van der Waals surface area contributed by atoms with Gasteiger partial charge in [-0.1, -0.05) is 139 Å². The van der Waals surface area contributed by atoms with Gasteiger partial charge in [-0.2, -0.15) is 0 Å². The van der Waals surface area contributed by atoms with Crippen molar-refractivity contribution >= 4 is 49.8 Å². The topological polar surface area (TPSA) is 16.4 Å². The zero-order valence-corrected chi connectivity index (χ0v) is 26.2. The van der Waals surface area contributed by atoms with Gasteiger partial charge in [-0.15, -0.1) is 0 Å². The predicted octanol–water partition coefficient (Wildman–Crippen LogP) is 12.6. The lowest BCUT2D eigenvalue weighted by atomic mass is 9.65. The molecule has 0 N–H and O–H groups in total. The van der Waals surface area contributed by atoms with E-state index in [2.05, 4.69) is 47.4 Å². The largest absolute Gasteiger partial charge is 0.456 e. The summed E-state index contributed by atoms with van der Waals surface area (Å²) in [5, 5.41) is 1.60. The first-order valence-corrected chi connectivity index (χ1v) is 16.3. The standard InChI is InChI=1S/C47H31NO/c1-3-17-33(18-4-1)48(34-19-5-2-6-20-34)35-29-30-42-39(31-35)37-22-9-11-24-41(37)47(42,40-25-13-16-32-15-7-8-21-36(32)40)43-26-14-28-45-46(43)38-23-10-12-27-44(38)49-45/h1-31H/i7D,8D,13D,15D,16D,21D,25D. The molecule has 8 aromatic carbocycles. The molecule has 2 heteroatoms. The summed E-state index contributed by atoms with van der Waals surface area (Å²) in [5.41, 5.74) is 6.98. The van der Waals surface area contributed by atoms with Crippen molar-refractivity contribution < 1.29 is 14.0 Å². The molecule has 1 unspecified atom stereocenters. The summed E-state index contributed by atoms with van der Waals surface area (Å²) in [4.78, 5) is 2.19. The third kappa shape index (κ3) is 4.01. The molecule has 49 heavy (non-hydrogen) atoms. The van der Waals surface area contributed by atoms with Crippen LogP contribution in [0.15, 0.2) is 192 Å². The van der Waals surface area contributed by atoms with Crippen molar-refractivity contribution in [3.63, 3.8) is 0 Å². The monoisotopic (exact) mass is 632 g/mol. The van der Waals surface area contributed by atoms with E-state index in [1.165, 1.54) is 0 Å². The van der Waals surface area contributed by atoms with Crippen LogP contribution in [-0.4, -0.2) is 0 Å². The maximum absolute atomic E-state index is 9.81. The summed E-state index contributed by atoms with van der Waals surface area (Å²) in [6, 6.07) is 45.2. The number of nitrogens with zero attached hydrogens (tertiary/aromatic N) is 1. The number of rotatable bonds is 5. The van der Waals surface area contributed by atoms with E-state index in [9.17, 15) is 4.11 Å². The summed E-state index contributed by atoms with van der Waals surface area (Å²) < 4.78 is 70.4. The third-order valence-corrected chi connectivity index (χ3v) is 9.81. The molecular formula is C47H31NO. The summed E-state index contributed by atoms with van der Waals surface area (Å²) in [6.07, 6.45) is 0. The second kappa shape index (κ2) is 10.8. The fourth-order valence-electron chi connectivity index (χ4n) is 7.89. The molecule has 0 bridgehead atoms. The van der Waals surface area contributed by atoms with Gasteiger partial charge in [0.2, 0.25) is 0 Å². The van der Waals surface area contributed by atoms with Crippen LogP contribution in [0.1, 0.15) is 31.8 Å². The van der Waals surface area contributed by atoms with E-state index in [4.69, 9.17) is 9.90 Å². The number of anilines is 3. The Kier molecular flexibility index (Phi) is 4.75. The van der Waals surface area contributed by atoms with Gasteiger partial charge in [0, 0.05) is 27.8 Å². The molecule has 0 saturated heterocycles. The van der Waals surface area contributed by atoms with Gasteiger partial charge in [0.25, 0.3) is 0 Å². The lowest BCUT2D eigenvalue weighted by Crippen LogP contribution is -2.29. The Morgan fingerprint density at radius 3 is 1.94 bits per heavy atom. The number of benzene rings is 8. The summed E-state index contributed by atoms with van der Waals surface area (Å²) in [6.45, 7) is 0. The van der Waals surface area contributed by atoms with Gasteiger partial charge in [-0.25, -0.2) is 0 Å². The lowest BCUT2D eigenvalue weighted by molar-refractivity contribution is 0.667. The van der Waals surface area contributed by atoms with E-state index in [0.717, 1.165) is 55.7 Å². The Bertz CT molecular complexity index is 3020. The van der Waals surface area contributed by atoms with Crippen molar-refractivity contribution in [3.05, 3.63) is 210 Å². The average molecular weight is 633 g/mol. The van der Waals surface area contributed by atoms with Crippen molar-refractivity contribution in [2.75, 3.05) is 4.90 Å². The highest BCUT2D eigenvalue weighted by atomic mass is 16.3. The number of hydrogen-bond donors (Lipinski definition) is 0. The van der Waals surface area contributed by atoms with Crippen LogP contribution in [0.25, 0.3) is 43.8 Å². The first kappa shape index (κ1) is 21.5. The minimum Gasteiger partial charge on any atom is -0.456 e. The molecule has 0 spiro atoms. The highest BCUT2D eigenvalue weighted by Crippen LogP contribution is 2.59. The van der Waals surface area contributed by atoms with Crippen LogP contribution in [0.2, 0.25) is 0 Å². The summed E-state index contributed by atoms with van der Waals surface area (Å²) >= 11 is 0. The normalized spacial score (nSPS) is 17.0. The Labute approximate surface area is 295 Å². The second-order valence-corrected chi connectivity index (χ2v) is 12.3. The third-order valence-electron chi connectivity index (χ3n) is 9.81. The van der Waals surface area contributed by atoms with Crippen LogP contribution in [0.3, 0.4) is 0 Å². The molecule has 1 aliphatic rings. The molecule has 0 saturated carbocycles. The molecule has 0 amide bonds. The SMILES string of the molecule is [2H]c1c([2H])c([2H])c2c(C3(c4cccc5oc6ccccc6c45)c4ccccc4-c4cc(N(c5ccccc5)c5ccccc5)ccc43)c([2H])c([2H])c([2H])c2c1[2H]. The molecule has 0 fully saturated rings. The van der Waals surface area contributed by atoms with Gasteiger partial charge in [0.15, 0.2) is 0 Å². The van der Waals surface area contributed by atoms with Crippen molar-refractivity contribution in [1.29, 1.82) is 0 Å². The Morgan fingerprint density at radius 2 is 1.10 bits per heavy atom. The molecule has 10 rings (SSSR count). The molecule has 1 aliphatic carbocycles. The van der Waals surface area contributed by atoms with E-state index in [-0.39, 0.29) is 28.4 Å². The molecule has 0 radical (unpaired) electrons. The smallest absolute Gasteiger partial charge is 0.135 e. The molecule has 2 nitrogen and oxygen atoms in total. The molecule has 1 aromatic heterocycles. The van der Waals surface area contributed by atoms with Crippen molar-refractivity contribution in [3.8, 4) is 11.1 Å². The van der Waals surface area contributed by atoms with Gasteiger partial charge in [0.05, 0.1) is 15.0 Å². The van der Waals surface area contributed by atoms with E-state index < -0.39 is 35.6 Å². The zero-order valence-electron chi connectivity index (χ0n) is 33.2. The minimum atomic E-state index is -1.40. The highest BCUT2D eigenvalue weighted by molar-refractivity contribution is 6.09. The first-order valence-electron chi connectivity index (χ1n) is 19.8. The van der Waals surface area contributed by atoms with E-state index in [1.807, 2.05) is 103 Å². The second-order valence-electron chi connectivity index (χ2n) is 12.3. The molecule has 0 aliphatic heterocycles. The summed E-state index contributed by atoms with van der Waals surface area (Å²) in [7, 11) is 0. The average Bonchev–Trinajstić information content (AvgIpc) is 3.76. The highest BCUT2D eigenvalue weighted by Gasteiger charge is 2.48. The Hall–Kier alpha value is -6.38. The zero-order chi connectivity index (χ0) is 38.5. The molecular weight excluding hydrogens is 595 g/mol. The van der Waals surface area contributed by atoms with Gasteiger partial charge in [0.1, 0.15) is 11.2 Å². The molecule has 9 aromatic rings. The van der Waals surface area contributed by atoms with Crippen LogP contribution in [0.4, 0.5) is 17.1 Å². The predicted molar refractivity (Wildman–Crippen MR) is 203 cm³/mol. The van der Waals surface area contributed by atoms with Crippen LogP contribution < -0.4 is 4.90 Å². The molecule has 1 heterocycles. The van der Waals surface area contributed by atoms with Gasteiger partial charge < -0.3 is 9.32 Å². The van der Waals surface area contributed by atoms with Gasteiger partial charge in [-0.05, 0) is 92.7 Å². The van der Waals surface area contributed by atoms with Crippen molar-refractivity contribution in [1.82, 2.24) is 0 Å². The van der Waals surface area contributed by atoms with Crippen molar-refractivity contribution in [2.24, 2.45) is 0 Å². The van der Waals surface area contributed by atoms with E-state index in [1.54, 1.807) is 0 Å². The van der Waals surface area contributed by atoms with E-state index >= 15 is 0 Å². The minimum absolute atomic E-state index is 0.0498. The first-order chi connectivity index (χ1) is 27.2. The molecule has 230 valence electrons. The van der Waals surface area contributed by atoms with Crippen LogP contribution in [-0.2, 0) is 5.41 Å². The number of para-hydroxylation sites is 3. The maximum Gasteiger partial charge on any atom is 0.135 e. The number of hydrogen-bond acceptors (Lipinski definition) is 2. The summed E-state index contributed by atoms with van der Waals surface area (Å²) in [5.74, 6) is 0. The fourth-order valence-corrected chi connectivity index (χ4v) is 7.89. The number of furan rings is 1. The lowest BCUT2D eigenvalue weighted by Gasteiger charge is -2.35. The van der Waals surface area contributed by atoms with Crippen LogP contribution in [0, 0.1) is 0 Å². The quantitative estimate of drug-likeness (QED) is 0.188. The maximum atomic E-state index is 9.81. The Balaban J connectivity index is 1.42. The van der Waals surface area contributed by atoms with Crippen LogP contribution >= 0.6 is 0 Å². The fraction of sp³-hybridized carbons (Fsp3) is 0.0213. The van der Waals surface area contributed by atoms with Gasteiger partial charge in [-0.3, -0.25) is 0 Å². The van der Waals surface area contributed by atoms with E-state index in [0.29, 0.717) is 11.2 Å². The van der Waals surface area contributed by atoms with Crippen molar-refractivity contribution in [2.45, 2.75) is 5.41 Å². The Morgan fingerprint density at radius 1 is 0.449 bits per heavy atom. The van der Waals surface area contributed by atoms with Crippen LogP contribution in [0.5, 0.6) is 0 Å². The molecule has 1 atom stereocenters. The number of fused-ring (bicyclic) bond motifs is 7.